The van der Waals surface area contributed by atoms with Crippen molar-refractivity contribution in [2.75, 3.05) is 13.1 Å². The van der Waals surface area contributed by atoms with Crippen molar-refractivity contribution in [1.82, 2.24) is 4.90 Å². The van der Waals surface area contributed by atoms with E-state index in [0.717, 1.165) is 49.9 Å². The van der Waals surface area contributed by atoms with Gasteiger partial charge >= 0.3 is 0 Å². The van der Waals surface area contributed by atoms with Crippen molar-refractivity contribution in [1.29, 1.82) is 0 Å². The Hall–Kier alpha value is -0.765. The van der Waals surface area contributed by atoms with Crippen LogP contribution in [0.1, 0.15) is 39.5 Å². The van der Waals surface area contributed by atoms with E-state index in [-0.39, 0.29) is 0 Å². The molecule has 1 aliphatic carbocycles. The first-order valence-corrected chi connectivity index (χ1v) is 7.21. The van der Waals surface area contributed by atoms with E-state index in [1.165, 1.54) is 5.57 Å². The predicted octanol–water partition coefficient (Wildman–Crippen LogP) is 3.52. The third-order valence-corrected chi connectivity index (χ3v) is 4.42. The van der Waals surface area contributed by atoms with E-state index < -0.39 is 6.30 Å². The summed E-state index contributed by atoms with van der Waals surface area (Å²) in [6, 6.07) is 0. The monoisotopic (exact) mass is 263 g/mol. The molecule has 4 heteroatoms. The fraction of sp³-hybridized carbons (Fsp3) is 0.733. The second kappa shape index (κ2) is 6.12. The van der Waals surface area contributed by atoms with E-state index in [1.807, 2.05) is 11.8 Å². The molecule has 1 aliphatic heterocycles. The lowest BCUT2D eigenvalue weighted by Crippen LogP contribution is -2.49. The minimum atomic E-state index is -0.831. The summed E-state index contributed by atoms with van der Waals surface area (Å²) in [5.74, 6) is 1.01. The number of likely N-dealkylation sites (tertiary alicyclic amines) is 1. The largest absolute Gasteiger partial charge is 0.508 e. The van der Waals surface area contributed by atoms with Gasteiger partial charge in [-0.1, -0.05) is 11.9 Å². The van der Waals surface area contributed by atoms with Crippen molar-refractivity contribution < 1.29 is 9.50 Å². The Morgan fingerprint density at radius 1 is 1.37 bits per heavy atom. The highest BCUT2D eigenvalue weighted by atomic mass is 19.1. The molecule has 0 bridgehead atoms. The second-order valence-corrected chi connectivity index (χ2v) is 5.82. The lowest BCUT2D eigenvalue weighted by atomic mass is 9.81. The maximum atomic E-state index is 13.0. The van der Waals surface area contributed by atoms with E-state index in [2.05, 4.69) is 0 Å². The zero-order chi connectivity index (χ0) is 14.0. The molecule has 104 valence electrons. The zero-order valence-corrected chi connectivity index (χ0v) is 12.0. The molecule has 0 amide bonds. The lowest BCUT2D eigenvalue weighted by Gasteiger charge is -2.41. The Balaban J connectivity index is 1.95. The number of rotatable bonds is 5. The van der Waals surface area contributed by atoms with Gasteiger partial charge < -0.3 is 5.11 Å². The highest BCUT2D eigenvalue weighted by molar-refractivity contribution is 6.08. The Kier molecular flexibility index (Phi) is 4.72. The fourth-order valence-corrected chi connectivity index (χ4v) is 3.09. The van der Waals surface area contributed by atoms with Crippen molar-refractivity contribution in [3.05, 3.63) is 22.5 Å². The lowest BCUT2D eigenvalue weighted by molar-refractivity contribution is -0.00287. The first-order chi connectivity index (χ1) is 9.02. The Labute approximate surface area is 116 Å². The molecule has 2 radical (unpaired) electrons. The summed E-state index contributed by atoms with van der Waals surface area (Å²) in [5, 5.41) is 10.2. The third-order valence-electron chi connectivity index (χ3n) is 4.42. The van der Waals surface area contributed by atoms with Crippen LogP contribution in [0.15, 0.2) is 22.5 Å². The number of aliphatic hydroxyl groups excluding tert-OH is 1. The molecule has 1 atom stereocenters. The number of allylic oxidation sites excluding steroid dienone is 3. The fourth-order valence-electron chi connectivity index (χ4n) is 3.09. The summed E-state index contributed by atoms with van der Waals surface area (Å²) in [4.78, 5) is 1.85. The molecular weight excluding hydrogens is 240 g/mol. The molecule has 1 saturated heterocycles. The molecule has 1 N–H and O–H groups in total. The average Bonchev–Trinajstić information content (AvgIpc) is 2.31. The van der Waals surface area contributed by atoms with E-state index in [1.54, 1.807) is 6.92 Å². The van der Waals surface area contributed by atoms with Crippen LogP contribution in [0.3, 0.4) is 0 Å². The second-order valence-electron chi connectivity index (χ2n) is 5.82. The van der Waals surface area contributed by atoms with Gasteiger partial charge in [-0.25, -0.2) is 4.39 Å². The summed E-state index contributed by atoms with van der Waals surface area (Å²) < 4.78 is 13.0. The van der Waals surface area contributed by atoms with Crippen LogP contribution in [-0.4, -0.2) is 37.2 Å². The molecule has 0 aromatic heterocycles. The van der Waals surface area contributed by atoms with Crippen LogP contribution in [0.4, 0.5) is 4.39 Å². The highest BCUT2D eigenvalue weighted by Crippen LogP contribution is 2.36. The van der Waals surface area contributed by atoms with Crippen LogP contribution in [-0.2, 0) is 0 Å². The minimum absolute atomic E-state index is 0.460. The van der Waals surface area contributed by atoms with Crippen molar-refractivity contribution in [3.63, 3.8) is 0 Å². The third kappa shape index (κ3) is 3.22. The first-order valence-electron chi connectivity index (χ1n) is 7.21. The maximum absolute atomic E-state index is 13.0. The van der Waals surface area contributed by atoms with Crippen molar-refractivity contribution in [2.24, 2.45) is 5.92 Å². The Morgan fingerprint density at radius 2 is 2.00 bits per heavy atom. The maximum Gasteiger partial charge on any atom is 0.150 e. The number of aliphatic hydroxyl groups is 1. The van der Waals surface area contributed by atoms with E-state index in [0.29, 0.717) is 18.0 Å². The van der Waals surface area contributed by atoms with Gasteiger partial charge in [0, 0.05) is 13.1 Å². The van der Waals surface area contributed by atoms with Crippen LogP contribution < -0.4 is 0 Å². The highest BCUT2D eigenvalue weighted by Gasteiger charge is 2.31. The van der Waals surface area contributed by atoms with Gasteiger partial charge in [0.15, 0.2) is 6.30 Å². The molecule has 0 aromatic rings. The molecule has 1 fully saturated rings. The summed E-state index contributed by atoms with van der Waals surface area (Å²) in [6.45, 7) is 5.27. The number of nitrogens with zero attached hydrogens (tertiary/aromatic N) is 1. The van der Waals surface area contributed by atoms with Crippen LogP contribution in [0.5, 0.6) is 0 Å². The molecule has 1 unspecified atom stereocenters. The molecule has 2 aliphatic rings. The van der Waals surface area contributed by atoms with Crippen LogP contribution in [0.2, 0.25) is 6.32 Å². The average molecular weight is 263 g/mol. The normalized spacial score (nSPS) is 23.7. The van der Waals surface area contributed by atoms with Crippen molar-refractivity contribution in [2.45, 2.75) is 52.1 Å². The van der Waals surface area contributed by atoms with Crippen LogP contribution in [0, 0.1) is 5.92 Å². The van der Waals surface area contributed by atoms with E-state index in [4.69, 9.17) is 7.85 Å². The smallest absolute Gasteiger partial charge is 0.150 e. The quantitative estimate of drug-likeness (QED) is 0.606. The molecular formula is C15H23BFNO. The standard InChI is InChI=1S/C15H23BFNO/c1-10-14(4-3-13(5-6-16)15(10)19)7-12-8-18(9-12)11(2)17/h11-12,19H,3-9H2,1-2H3. The molecule has 1 heterocycles. The number of halogens is 1. The van der Waals surface area contributed by atoms with Gasteiger partial charge in [-0.2, -0.15) is 0 Å². The van der Waals surface area contributed by atoms with Gasteiger partial charge in [-0.15, -0.1) is 0 Å². The van der Waals surface area contributed by atoms with Gasteiger partial charge in [0.2, 0.25) is 0 Å². The summed E-state index contributed by atoms with van der Waals surface area (Å²) >= 11 is 0. The van der Waals surface area contributed by atoms with Gasteiger partial charge in [-0.3, -0.25) is 4.90 Å². The zero-order valence-electron chi connectivity index (χ0n) is 12.0. The number of alkyl halides is 1. The predicted molar refractivity (Wildman–Crippen MR) is 77.0 cm³/mol. The molecule has 19 heavy (non-hydrogen) atoms. The van der Waals surface area contributed by atoms with Crippen LogP contribution in [0.25, 0.3) is 0 Å². The molecule has 0 spiro atoms. The van der Waals surface area contributed by atoms with Crippen LogP contribution >= 0.6 is 0 Å². The van der Waals surface area contributed by atoms with Gasteiger partial charge in [0.05, 0.1) is 7.85 Å². The SMILES string of the molecule is [B]CCC1=C(O)C(C)=C(CC2CN(C(C)F)C2)CC1. The summed E-state index contributed by atoms with van der Waals surface area (Å²) in [5.41, 5.74) is 3.47. The van der Waals surface area contributed by atoms with Crippen molar-refractivity contribution in [3.8, 4) is 0 Å². The molecule has 0 saturated carbocycles. The van der Waals surface area contributed by atoms with E-state index in [9.17, 15) is 9.50 Å². The van der Waals surface area contributed by atoms with Gasteiger partial charge in [0.1, 0.15) is 5.76 Å². The Morgan fingerprint density at radius 3 is 2.58 bits per heavy atom. The number of hydrogen-bond acceptors (Lipinski definition) is 2. The first kappa shape index (κ1) is 14.6. The summed E-state index contributed by atoms with van der Waals surface area (Å²) in [7, 11) is 5.55. The topological polar surface area (TPSA) is 23.5 Å². The minimum Gasteiger partial charge on any atom is -0.508 e. The Bertz CT molecular complexity index is 397. The number of hydrogen-bond donors (Lipinski definition) is 1. The van der Waals surface area contributed by atoms with E-state index >= 15 is 0 Å². The van der Waals surface area contributed by atoms with Crippen molar-refractivity contribution >= 4 is 7.85 Å². The van der Waals surface area contributed by atoms with Gasteiger partial charge in [-0.05, 0) is 56.6 Å². The summed E-state index contributed by atoms with van der Waals surface area (Å²) in [6.07, 6.45) is 3.48. The molecule has 2 nitrogen and oxygen atoms in total. The van der Waals surface area contributed by atoms with Gasteiger partial charge in [0.25, 0.3) is 0 Å². The molecule has 0 aromatic carbocycles. The molecule has 2 rings (SSSR count).